The number of non-ortho nitro benzene ring substituents is 1. The van der Waals surface area contributed by atoms with Gasteiger partial charge in [-0.1, -0.05) is 42.5 Å². The Kier molecular flexibility index (Phi) is 4.39. The van der Waals surface area contributed by atoms with Crippen molar-refractivity contribution in [2.45, 2.75) is 13.0 Å². The summed E-state index contributed by atoms with van der Waals surface area (Å²) in [6.45, 7) is 1.69. The van der Waals surface area contributed by atoms with Crippen LogP contribution in [0.25, 0.3) is 10.9 Å². The van der Waals surface area contributed by atoms with Gasteiger partial charge in [0.05, 0.1) is 17.6 Å². The van der Waals surface area contributed by atoms with Crippen molar-refractivity contribution in [1.29, 1.82) is 0 Å². The second-order valence-electron chi connectivity index (χ2n) is 5.53. The van der Waals surface area contributed by atoms with Crippen LogP contribution in [0.2, 0.25) is 0 Å². The Morgan fingerprint density at radius 2 is 1.96 bits per heavy atom. The quantitative estimate of drug-likeness (QED) is 0.553. The van der Waals surface area contributed by atoms with Gasteiger partial charge >= 0.3 is 0 Å². The second-order valence-corrected chi connectivity index (χ2v) is 5.53. The number of fused-ring (bicyclic) bond motifs is 1. The third-order valence-electron chi connectivity index (χ3n) is 3.86. The van der Waals surface area contributed by atoms with E-state index in [2.05, 4.69) is 10.3 Å². The third-order valence-corrected chi connectivity index (χ3v) is 3.86. The molecule has 1 atom stereocenters. The molecule has 0 bridgehead atoms. The van der Waals surface area contributed by atoms with Crippen molar-refractivity contribution in [3.63, 3.8) is 0 Å². The van der Waals surface area contributed by atoms with Crippen LogP contribution in [0.5, 0.6) is 0 Å². The molecule has 2 N–H and O–H groups in total. The normalized spacial score (nSPS) is 12.1. The van der Waals surface area contributed by atoms with Crippen LogP contribution in [0, 0.1) is 17.0 Å². The van der Waals surface area contributed by atoms with Crippen molar-refractivity contribution in [3.8, 4) is 0 Å². The number of pyridine rings is 1. The molecule has 24 heavy (non-hydrogen) atoms. The molecule has 0 aliphatic rings. The number of hydrogen-bond donors (Lipinski definition) is 2. The fraction of sp³-hybridized carbons (Fsp3) is 0.167. The number of benzene rings is 2. The molecule has 1 aromatic heterocycles. The van der Waals surface area contributed by atoms with Gasteiger partial charge in [0.25, 0.3) is 5.69 Å². The highest BCUT2D eigenvalue weighted by Crippen LogP contribution is 2.31. The summed E-state index contributed by atoms with van der Waals surface area (Å²) in [5.41, 5.74) is 2.63. The Morgan fingerprint density at radius 3 is 2.62 bits per heavy atom. The van der Waals surface area contributed by atoms with Crippen LogP contribution in [-0.4, -0.2) is 21.6 Å². The minimum absolute atomic E-state index is 0.0282. The monoisotopic (exact) mass is 323 g/mol. The molecule has 0 radical (unpaired) electrons. The largest absolute Gasteiger partial charge is 0.394 e. The molecular weight excluding hydrogens is 306 g/mol. The fourth-order valence-electron chi connectivity index (χ4n) is 2.74. The van der Waals surface area contributed by atoms with E-state index >= 15 is 0 Å². The van der Waals surface area contributed by atoms with Crippen LogP contribution in [-0.2, 0) is 0 Å². The van der Waals surface area contributed by atoms with Crippen molar-refractivity contribution >= 4 is 22.3 Å². The first kappa shape index (κ1) is 15.9. The summed E-state index contributed by atoms with van der Waals surface area (Å²) in [5.74, 6) is 0. The zero-order valence-electron chi connectivity index (χ0n) is 13.1. The summed E-state index contributed by atoms with van der Waals surface area (Å²) in [6, 6.07) is 16.0. The van der Waals surface area contributed by atoms with Crippen molar-refractivity contribution in [2.24, 2.45) is 0 Å². The van der Waals surface area contributed by atoms with Crippen molar-refractivity contribution in [2.75, 3.05) is 11.9 Å². The minimum Gasteiger partial charge on any atom is -0.394 e. The molecule has 6 nitrogen and oxygen atoms in total. The number of anilines is 1. The number of nitrogens with one attached hydrogen (secondary N) is 1. The predicted octanol–water partition coefficient (Wildman–Crippen LogP) is 3.60. The van der Waals surface area contributed by atoms with E-state index in [9.17, 15) is 15.2 Å². The van der Waals surface area contributed by atoms with Gasteiger partial charge in [0.1, 0.15) is 0 Å². The first-order valence-electron chi connectivity index (χ1n) is 7.57. The number of nitrogens with zero attached hydrogens (tertiary/aromatic N) is 2. The van der Waals surface area contributed by atoms with Gasteiger partial charge in [0.2, 0.25) is 0 Å². The van der Waals surface area contributed by atoms with Crippen molar-refractivity contribution < 1.29 is 10.0 Å². The number of nitro benzene ring substituents is 1. The highest BCUT2D eigenvalue weighted by Gasteiger charge is 2.17. The molecule has 0 spiro atoms. The Labute approximate surface area is 138 Å². The number of aliphatic hydroxyl groups is 1. The number of para-hydroxylation sites is 1. The number of aromatic nitrogens is 1. The molecule has 0 amide bonds. The lowest BCUT2D eigenvalue weighted by molar-refractivity contribution is -0.383. The molecule has 0 saturated heterocycles. The molecule has 1 unspecified atom stereocenters. The molecule has 0 fully saturated rings. The lowest BCUT2D eigenvalue weighted by atomic mass is 10.1. The van der Waals surface area contributed by atoms with E-state index in [4.69, 9.17) is 0 Å². The van der Waals surface area contributed by atoms with Crippen LogP contribution in [0.3, 0.4) is 0 Å². The van der Waals surface area contributed by atoms with E-state index in [0.717, 1.165) is 5.56 Å². The van der Waals surface area contributed by atoms with Crippen LogP contribution in [0.4, 0.5) is 11.4 Å². The van der Waals surface area contributed by atoms with E-state index < -0.39 is 4.92 Å². The number of rotatable bonds is 5. The molecule has 3 rings (SSSR count). The highest BCUT2D eigenvalue weighted by molar-refractivity contribution is 5.96. The Hall–Kier alpha value is -2.99. The van der Waals surface area contributed by atoms with E-state index in [1.54, 1.807) is 19.1 Å². The summed E-state index contributed by atoms with van der Waals surface area (Å²) in [6.07, 6.45) is 0. The predicted molar refractivity (Wildman–Crippen MR) is 93.0 cm³/mol. The highest BCUT2D eigenvalue weighted by atomic mass is 16.6. The zero-order chi connectivity index (χ0) is 17.1. The first-order chi connectivity index (χ1) is 11.6. The average Bonchev–Trinajstić information content (AvgIpc) is 2.59. The van der Waals surface area contributed by atoms with Gasteiger partial charge in [-0.15, -0.1) is 0 Å². The summed E-state index contributed by atoms with van der Waals surface area (Å²) < 4.78 is 0. The van der Waals surface area contributed by atoms with Crippen LogP contribution >= 0.6 is 0 Å². The molecule has 122 valence electrons. The maximum Gasteiger partial charge on any atom is 0.295 e. The Balaban J connectivity index is 2.09. The lowest BCUT2D eigenvalue weighted by Gasteiger charge is -2.19. The fourth-order valence-corrected chi connectivity index (χ4v) is 2.74. The number of hydrogen-bond acceptors (Lipinski definition) is 5. The standard InChI is InChI=1S/C18H17N3O3/c1-12-10-15(20-16(11-22)13-6-3-2-4-7-13)14-8-5-9-17(21(23)24)18(14)19-12/h2-10,16,22H,11H2,1H3,(H,19,20). The smallest absolute Gasteiger partial charge is 0.295 e. The second kappa shape index (κ2) is 6.64. The minimum atomic E-state index is -0.431. The van der Waals surface area contributed by atoms with Gasteiger partial charge in [-0.05, 0) is 18.6 Å². The van der Waals surface area contributed by atoms with E-state index in [-0.39, 0.29) is 18.3 Å². The van der Waals surface area contributed by atoms with Gasteiger partial charge < -0.3 is 10.4 Å². The van der Waals surface area contributed by atoms with Gasteiger partial charge in [0.15, 0.2) is 5.52 Å². The number of aryl methyl sites for hydroxylation is 1. The Morgan fingerprint density at radius 1 is 1.21 bits per heavy atom. The van der Waals surface area contributed by atoms with Crippen LogP contribution in [0.15, 0.2) is 54.6 Å². The average molecular weight is 323 g/mol. The molecule has 2 aromatic carbocycles. The zero-order valence-corrected chi connectivity index (χ0v) is 13.1. The summed E-state index contributed by atoms with van der Waals surface area (Å²) >= 11 is 0. The number of aliphatic hydroxyl groups excluding tert-OH is 1. The Bertz CT molecular complexity index is 881. The summed E-state index contributed by atoms with van der Waals surface area (Å²) in [7, 11) is 0. The topological polar surface area (TPSA) is 88.3 Å². The van der Waals surface area contributed by atoms with Gasteiger partial charge in [0, 0.05) is 22.8 Å². The van der Waals surface area contributed by atoms with E-state index in [1.807, 2.05) is 36.4 Å². The molecule has 0 saturated carbocycles. The number of nitro groups is 1. The van der Waals surface area contributed by atoms with Crippen LogP contribution < -0.4 is 5.32 Å². The maximum atomic E-state index is 11.2. The molecule has 1 heterocycles. The molecule has 0 aliphatic carbocycles. The molecule has 6 heteroatoms. The third kappa shape index (κ3) is 3.04. The van der Waals surface area contributed by atoms with Gasteiger partial charge in [-0.2, -0.15) is 0 Å². The van der Waals surface area contributed by atoms with Crippen molar-refractivity contribution in [1.82, 2.24) is 4.98 Å². The summed E-state index contributed by atoms with van der Waals surface area (Å²) in [5, 5.41) is 24.9. The molecule has 3 aromatic rings. The van der Waals surface area contributed by atoms with Gasteiger partial charge in [-0.25, -0.2) is 4.98 Å². The molecular formula is C18H17N3O3. The van der Waals surface area contributed by atoms with Crippen LogP contribution in [0.1, 0.15) is 17.3 Å². The first-order valence-corrected chi connectivity index (χ1v) is 7.57. The van der Waals surface area contributed by atoms with E-state index in [0.29, 0.717) is 22.3 Å². The molecule has 0 aliphatic heterocycles. The SMILES string of the molecule is Cc1cc(NC(CO)c2ccccc2)c2cccc([N+](=O)[O-])c2n1. The maximum absolute atomic E-state index is 11.2. The van der Waals surface area contributed by atoms with Crippen molar-refractivity contribution in [3.05, 3.63) is 76.0 Å². The summed E-state index contributed by atoms with van der Waals surface area (Å²) in [4.78, 5) is 15.1. The van der Waals surface area contributed by atoms with E-state index in [1.165, 1.54) is 6.07 Å². The van der Waals surface area contributed by atoms with Gasteiger partial charge in [-0.3, -0.25) is 10.1 Å². The lowest BCUT2D eigenvalue weighted by Crippen LogP contribution is -2.15.